The second-order valence-corrected chi connectivity index (χ2v) is 5.30. The van der Waals surface area contributed by atoms with E-state index in [-0.39, 0.29) is 0 Å². The van der Waals surface area contributed by atoms with E-state index in [9.17, 15) is 0 Å². The summed E-state index contributed by atoms with van der Waals surface area (Å²) in [4.78, 5) is 5.16. The maximum atomic E-state index is 4.30. The van der Waals surface area contributed by atoms with E-state index < -0.39 is 0 Å². The van der Waals surface area contributed by atoms with E-state index in [4.69, 9.17) is 0 Å². The van der Waals surface area contributed by atoms with Crippen LogP contribution in [0.4, 0.5) is 0 Å². The van der Waals surface area contributed by atoms with Crippen molar-refractivity contribution in [3.63, 3.8) is 0 Å². The molecule has 0 unspecified atom stereocenters. The van der Waals surface area contributed by atoms with Crippen LogP contribution in [0.2, 0.25) is 0 Å². The third kappa shape index (κ3) is 2.69. The van der Waals surface area contributed by atoms with Crippen LogP contribution in [0.3, 0.4) is 0 Å². The molecule has 1 aromatic rings. The summed E-state index contributed by atoms with van der Waals surface area (Å²) in [7, 11) is 0. The zero-order valence-electron chi connectivity index (χ0n) is 10.5. The molecule has 94 valence electrons. The van der Waals surface area contributed by atoms with Gasteiger partial charge in [-0.25, -0.2) is 0 Å². The highest BCUT2D eigenvalue weighted by molar-refractivity contribution is 4.89. The summed E-state index contributed by atoms with van der Waals surface area (Å²) in [6.07, 6.45) is 8.18. The molecule has 0 aromatic carbocycles. The molecular formula is C13H22N4. The van der Waals surface area contributed by atoms with Crippen LogP contribution in [0.1, 0.15) is 25.3 Å². The van der Waals surface area contributed by atoms with Crippen LogP contribution >= 0.6 is 0 Å². The van der Waals surface area contributed by atoms with E-state index >= 15 is 0 Å². The first-order valence-electron chi connectivity index (χ1n) is 6.86. The monoisotopic (exact) mass is 234 g/mol. The maximum absolute atomic E-state index is 4.30. The number of hydrogen-bond acceptors (Lipinski definition) is 3. The average Bonchev–Trinajstić information content (AvgIpc) is 2.82. The summed E-state index contributed by atoms with van der Waals surface area (Å²) in [6, 6.07) is 2.63. The predicted molar refractivity (Wildman–Crippen MR) is 68.0 cm³/mol. The van der Waals surface area contributed by atoms with Crippen molar-refractivity contribution in [2.45, 2.75) is 25.3 Å². The van der Waals surface area contributed by atoms with Gasteiger partial charge in [0.1, 0.15) is 0 Å². The molecule has 2 fully saturated rings. The second-order valence-electron chi connectivity index (χ2n) is 5.30. The van der Waals surface area contributed by atoms with Gasteiger partial charge in [0.05, 0.1) is 6.04 Å². The van der Waals surface area contributed by atoms with Crippen LogP contribution in [-0.4, -0.2) is 58.8 Å². The number of rotatable bonds is 4. The Morgan fingerprint density at radius 3 is 2.47 bits per heavy atom. The van der Waals surface area contributed by atoms with E-state index in [0.29, 0.717) is 6.04 Å². The zero-order chi connectivity index (χ0) is 11.5. The van der Waals surface area contributed by atoms with Crippen molar-refractivity contribution in [1.29, 1.82) is 0 Å². The number of aromatic nitrogens is 2. The SMILES string of the molecule is c1cnn(C2CN(CCN3CCCCC3)C2)c1. The molecule has 2 aliphatic rings. The quantitative estimate of drug-likeness (QED) is 0.783. The van der Waals surface area contributed by atoms with Gasteiger partial charge in [0.15, 0.2) is 0 Å². The Morgan fingerprint density at radius 1 is 1.00 bits per heavy atom. The van der Waals surface area contributed by atoms with Gasteiger partial charge >= 0.3 is 0 Å². The second kappa shape index (κ2) is 5.19. The molecule has 0 aliphatic carbocycles. The Balaban J connectivity index is 1.35. The van der Waals surface area contributed by atoms with Crippen molar-refractivity contribution in [3.05, 3.63) is 18.5 Å². The highest BCUT2D eigenvalue weighted by Crippen LogP contribution is 2.19. The summed E-state index contributed by atoms with van der Waals surface area (Å²) in [5.41, 5.74) is 0. The third-order valence-electron chi connectivity index (χ3n) is 4.02. The Bertz CT molecular complexity index is 323. The van der Waals surface area contributed by atoms with Crippen molar-refractivity contribution in [2.24, 2.45) is 0 Å². The van der Waals surface area contributed by atoms with Gasteiger partial charge in [0, 0.05) is 38.6 Å². The molecule has 2 saturated heterocycles. The van der Waals surface area contributed by atoms with Gasteiger partial charge in [-0.3, -0.25) is 9.58 Å². The average molecular weight is 234 g/mol. The summed E-state index contributed by atoms with van der Waals surface area (Å²) < 4.78 is 2.09. The molecule has 0 bridgehead atoms. The molecule has 0 amide bonds. The molecule has 3 heterocycles. The lowest BCUT2D eigenvalue weighted by molar-refractivity contribution is 0.0805. The lowest BCUT2D eigenvalue weighted by Crippen LogP contribution is -2.50. The lowest BCUT2D eigenvalue weighted by atomic mass is 10.1. The van der Waals surface area contributed by atoms with Gasteiger partial charge in [-0.15, -0.1) is 0 Å². The van der Waals surface area contributed by atoms with Crippen molar-refractivity contribution in [2.75, 3.05) is 39.3 Å². The molecule has 1 aromatic heterocycles. The fourth-order valence-electron chi connectivity index (χ4n) is 2.85. The predicted octanol–water partition coefficient (Wildman–Crippen LogP) is 1.23. The van der Waals surface area contributed by atoms with Crippen LogP contribution in [0.5, 0.6) is 0 Å². The Hall–Kier alpha value is -0.870. The Morgan fingerprint density at radius 2 is 1.76 bits per heavy atom. The van der Waals surface area contributed by atoms with Gasteiger partial charge in [-0.05, 0) is 32.0 Å². The number of nitrogens with zero attached hydrogens (tertiary/aromatic N) is 4. The van der Waals surface area contributed by atoms with Crippen molar-refractivity contribution < 1.29 is 0 Å². The fourth-order valence-corrected chi connectivity index (χ4v) is 2.85. The van der Waals surface area contributed by atoms with Crippen LogP contribution in [0.25, 0.3) is 0 Å². The van der Waals surface area contributed by atoms with E-state index in [1.54, 1.807) is 0 Å². The Kier molecular flexibility index (Phi) is 3.43. The van der Waals surface area contributed by atoms with Crippen LogP contribution in [-0.2, 0) is 0 Å². The van der Waals surface area contributed by atoms with Gasteiger partial charge in [-0.1, -0.05) is 6.42 Å². The number of piperidine rings is 1. The summed E-state index contributed by atoms with van der Waals surface area (Å²) in [6.45, 7) is 7.47. The molecule has 4 nitrogen and oxygen atoms in total. The minimum atomic E-state index is 0.617. The molecule has 4 heteroatoms. The first-order valence-corrected chi connectivity index (χ1v) is 6.86. The normalized spacial score (nSPS) is 23.8. The van der Waals surface area contributed by atoms with Crippen molar-refractivity contribution in [1.82, 2.24) is 19.6 Å². The van der Waals surface area contributed by atoms with E-state index in [1.807, 2.05) is 12.3 Å². The van der Waals surface area contributed by atoms with Crippen LogP contribution < -0.4 is 0 Å². The van der Waals surface area contributed by atoms with E-state index in [1.165, 1.54) is 58.5 Å². The van der Waals surface area contributed by atoms with Gasteiger partial charge < -0.3 is 4.90 Å². The maximum Gasteiger partial charge on any atom is 0.0772 e. The summed E-state index contributed by atoms with van der Waals surface area (Å²) >= 11 is 0. The molecule has 0 radical (unpaired) electrons. The highest BCUT2D eigenvalue weighted by Gasteiger charge is 2.28. The van der Waals surface area contributed by atoms with Crippen molar-refractivity contribution >= 4 is 0 Å². The minimum Gasteiger partial charge on any atom is -0.302 e. The smallest absolute Gasteiger partial charge is 0.0772 e. The zero-order valence-corrected chi connectivity index (χ0v) is 10.5. The van der Waals surface area contributed by atoms with E-state index in [2.05, 4.69) is 25.8 Å². The number of likely N-dealkylation sites (tertiary alicyclic amines) is 2. The fraction of sp³-hybridized carbons (Fsp3) is 0.769. The third-order valence-corrected chi connectivity index (χ3v) is 4.02. The highest BCUT2D eigenvalue weighted by atomic mass is 15.4. The standard InChI is InChI=1S/C13H22N4/c1-2-6-15(7-3-1)9-10-16-11-13(12-16)17-8-4-5-14-17/h4-5,8,13H,1-3,6-7,9-12H2. The largest absolute Gasteiger partial charge is 0.302 e. The Labute approximate surface area is 103 Å². The van der Waals surface area contributed by atoms with Gasteiger partial charge in [-0.2, -0.15) is 5.10 Å². The molecule has 0 spiro atoms. The summed E-state index contributed by atoms with van der Waals surface area (Å²) in [5.74, 6) is 0. The van der Waals surface area contributed by atoms with Crippen LogP contribution in [0.15, 0.2) is 18.5 Å². The van der Waals surface area contributed by atoms with Crippen LogP contribution in [0, 0.1) is 0 Å². The minimum absolute atomic E-state index is 0.617. The first kappa shape index (κ1) is 11.2. The lowest BCUT2D eigenvalue weighted by Gasteiger charge is -2.40. The molecular weight excluding hydrogens is 212 g/mol. The first-order chi connectivity index (χ1) is 8.42. The molecule has 0 N–H and O–H groups in total. The molecule has 0 atom stereocenters. The molecule has 3 rings (SSSR count). The summed E-state index contributed by atoms with van der Waals surface area (Å²) in [5, 5.41) is 4.30. The topological polar surface area (TPSA) is 24.3 Å². The van der Waals surface area contributed by atoms with Crippen molar-refractivity contribution in [3.8, 4) is 0 Å². The van der Waals surface area contributed by atoms with Gasteiger partial charge in [0.2, 0.25) is 0 Å². The molecule has 17 heavy (non-hydrogen) atoms. The molecule has 2 aliphatic heterocycles. The molecule has 0 saturated carbocycles. The number of hydrogen-bond donors (Lipinski definition) is 0. The van der Waals surface area contributed by atoms with Gasteiger partial charge in [0.25, 0.3) is 0 Å². The van der Waals surface area contributed by atoms with E-state index in [0.717, 1.165) is 0 Å².